The van der Waals surface area contributed by atoms with Crippen LogP contribution in [0, 0.1) is 6.92 Å². The first-order valence-corrected chi connectivity index (χ1v) is 13.3. The Balaban J connectivity index is 3.26. The van der Waals surface area contributed by atoms with Crippen molar-refractivity contribution in [3.63, 3.8) is 0 Å². The van der Waals surface area contributed by atoms with Crippen molar-refractivity contribution in [3.05, 3.63) is 35.4 Å². The highest BCUT2D eigenvalue weighted by molar-refractivity contribution is 5.92. The molecule has 0 saturated carbocycles. The number of carbonyl (C=O) groups is 3. The van der Waals surface area contributed by atoms with Crippen LogP contribution >= 0.6 is 0 Å². The van der Waals surface area contributed by atoms with Crippen LogP contribution in [0.4, 0.5) is 4.79 Å². The van der Waals surface area contributed by atoms with Crippen LogP contribution in [-0.4, -0.2) is 46.5 Å². The van der Waals surface area contributed by atoms with Crippen molar-refractivity contribution in [2.75, 3.05) is 6.54 Å². The van der Waals surface area contributed by atoms with E-state index in [1.807, 2.05) is 52.0 Å². The predicted octanol–water partition coefficient (Wildman–Crippen LogP) is 6.05. The van der Waals surface area contributed by atoms with E-state index >= 15 is 0 Å². The number of alkyl carbamates (subject to hydrolysis) is 1. The monoisotopic (exact) mass is 503 g/mol. The maximum Gasteiger partial charge on any atom is 0.408 e. The van der Waals surface area contributed by atoms with Gasteiger partial charge < -0.3 is 20.3 Å². The number of ether oxygens (including phenoxy) is 1. The van der Waals surface area contributed by atoms with Gasteiger partial charge >= 0.3 is 6.09 Å². The summed E-state index contributed by atoms with van der Waals surface area (Å²) in [7, 11) is 0. The number of nitrogens with one attached hydrogen (secondary N) is 2. The zero-order chi connectivity index (χ0) is 27.5. The molecule has 1 rings (SSSR count). The molecule has 0 fully saturated rings. The summed E-state index contributed by atoms with van der Waals surface area (Å²) in [6, 6.07) is 6.03. The summed E-state index contributed by atoms with van der Waals surface area (Å²) in [5, 5.41) is 5.71. The fourth-order valence-corrected chi connectivity index (χ4v) is 3.88. The van der Waals surface area contributed by atoms with Gasteiger partial charge in [-0.1, -0.05) is 68.9 Å². The molecule has 0 spiro atoms. The lowest BCUT2D eigenvalue weighted by molar-refractivity contribution is -0.142. The third-order valence-electron chi connectivity index (χ3n) is 5.59. The smallest absolute Gasteiger partial charge is 0.408 e. The molecular weight excluding hydrogens is 454 g/mol. The van der Waals surface area contributed by atoms with E-state index in [9.17, 15) is 14.4 Å². The van der Waals surface area contributed by atoms with Gasteiger partial charge in [-0.3, -0.25) is 9.59 Å². The Morgan fingerprint density at radius 3 is 2.00 bits per heavy atom. The van der Waals surface area contributed by atoms with Crippen molar-refractivity contribution >= 4 is 17.9 Å². The van der Waals surface area contributed by atoms with Crippen LogP contribution in [0.5, 0.6) is 0 Å². The van der Waals surface area contributed by atoms with Gasteiger partial charge in [-0.15, -0.1) is 0 Å². The Hall–Kier alpha value is -2.57. The van der Waals surface area contributed by atoms with Crippen LogP contribution in [0.3, 0.4) is 0 Å². The average molecular weight is 504 g/mol. The summed E-state index contributed by atoms with van der Waals surface area (Å²) < 4.78 is 5.35. The SMILES string of the molecule is CCCCCCCCN(C(=O)C(C)NC(=O)OC(C)(C)C)C(C(=O)NC(C)(C)C)c1ccc(C)cc1. The molecular formula is C29H49N3O4. The zero-order valence-corrected chi connectivity index (χ0v) is 24.0. The molecule has 1 aromatic carbocycles. The second kappa shape index (κ2) is 14.2. The number of hydrogen-bond acceptors (Lipinski definition) is 4. The van der Waals surface area contributed by atoms with Crippen molar-refractivity contribution < 1.29 is 19.1 Å². The summed E-state index contributed by atoms with van der Waals surface area (Å²) in [6.45, 7) is 17.3. The summed E-state index contributed by atoms with van der Waals surface area (Å²) >= 11 is 0. The van der Waals surface area contributed by atoms with E-state index in [1.165, 1.54) is 12.8 Å². The van der Waals surface area contributed by atoms with Gasteiger partial charge in [0.25, 0.3) is 0 Å². The summed E-state index contributed by atoms with van der Waals surface area (Å²) in [5.74, 6) is -0.556. The number of rotatable bonds is 12. The van der Waals surface area contributed by atoms with Crippen molar-refractivity contribution in [3.8, 4) is 0 Å². The number of amides is 3. The van der Waals surface area contributed by atoms with Gasteiger partial charge in [0.1, 0.15) is 17.7 Å². The molecule has 0 aliphatic rings. The largest absolute Gasteiger partial charge is 0.444 e. The Bertz CT molecular complexity index is 838. The molecule has 0 aliphatic heterocycles. The summed E-state index contributed by atoms with van der Waals surface area (Å²) in [6.07, 6.45) is 5.70. The lowest BCUT2D eigenvalue weighted by atomic mass is 9.99. The predicted molar refractivity (Wildman–Crippen MR) is 146 cm³/mol. The molecule has 0 heterocycles. The second-order valence-electron chi connectivity index (χ2n) is 11.7. The number of nitrogens with zero attached hydrogens (tertiary/aromatic N) is 1. The van der Waals surface area contributed by atoms with Gasteiger partial charge in [0.2, 0.25) is 11.8 Å². The number of benzene rings is 1. The van der Waals surface area contributed by atoms with Crippen molar-refractivity contribution in [1.82, 2.24) is 15.5 Å². The first kappa shape index (κ1) is 31.5. The average Bonchev–Trinajstić information content (AvgIpc) is 2.73. The van der Waals surface area contributed by atoms with Gasteiger partial charge in [0.15, 0.2) is 0 Å². The molecule has 3 amide bonds. The van der Waals surface area contributed by atoms with Crippen LogP contribution in [0.15, 0.2) is 24.3 Å². The molecule has 2 atom stereocenters. The standard InChI is InChI=1S/C29H49N3O4/c1-10-11-12-13-14-15-20-32(26(34)22(3)30-27(35)36-29(7,8)9)24(25(33)31-28(4,5)6)23-18-16-21(2)17-19-23/h16-19,22,24H,10-15,20H2,1-9H3,(H,30,35)(H,31,33). The van der Waals surface area contributed by atoms with Crippen molar-refractivity contribution in [1.29, 1.82) is 0 Å². The van der Waals surface area contributed by atoms with E-state index in [-0.39, 0.29) is 11.8 Å². The highest BCUT2D eigenvalue weighted by Gasteiger charge is 2.35. The first-order chi connectivity index (χ1) is 16.6. The summed E-state index contributed by atoms with van der Waals surface area (Å²) in [5.41, 5.74) is 0.672. The molecule has 0 aromatic heterocycles. The molecule has 0 aliphatic carbocycles. The molecule has 7 heteroatoms. The van der Waals surface area contributed by atoms with E-state index in [1.54, 1.807) is 32.6 Å². The van der Waals surface area contributed by atoms with E-state index in [0.717, 1.165) is 36.8 Å². The van der Waals surface area contributed by atoms with Gasteiger partial charge in [-0.25, -0.2) is 4.79 Å². The molecule has 204 valence electrons. The molecule has 7 nitrogen and oxygen atoms in total. The fourth-order valence-electron chi connectivity index (χ4n) is 3.88. The number of aryl methyl sites for hydroxylation is 1. The van der Waals surface area contributed by atoms with E-state index in [0.29, 0.717) is 6.54 Å². The first-order valence-electron chi connectivity index (χ1n) is 13.3. The van der Waals surface area contributed by atoms with E-state index in [2.05, 4.69) is 17.6 Å². The van der Waals surface area contributed by atoms with Gasteiger partial charge in [-0.2, -0.15) is 0 Å². The molecule has 2 unspecified atom stereocenters. The van der Waals surface area contributed by atoms with E-state index < -0.39 is 29.3 Å². The number of hydrogen-bond donors (Lipinski definition) is 2. The number of unbranched alkanes of at least 4 members (excludes halogenated alkanes) is 5. The van der Waals surface area contributed by atoms with Gasteiger partial charge in [0.05, 0.1) is 0 Å². The molecule has 0 radical (unpaired) electrons. The molecule has 2 N–H and O–H groups in total. The Morgan fingerprint density at radius 2 is 1.47 bits per heavy atom. The topological polar surface area (TPSA) is 87.7 Å². The molecule has 0 saturated heterocycles. The Kier molecular flexibility index (Phi) is 12.4. The lowest BCUT2D eigenvalue weighted by Gasteiger charge is -2.35. The zero-order valence-electron chi connectivity index (χ0n) is 24.0. The molecule has 1 aromatic rings. The van der Waals surface area contributed by atoms with Crippen LogP contribution in [0.2, 0.25) is 0 Å². The lowest BCUT2D eigenvalue weighted by Crippen LogP contribution is -2.54. The fraction of sp³-hybridized carbons (Fsp3) is 0.690. The van der Waals surface area contributed by atoms with Gasteiger partial charge in [0, 0.05) is 12.1 Å². The van der Waals surface area contributed by atoms with Crippen LogP contribution in [0.1, 0.15) is 111 Å². The second-order valence-corrected chi connectivity index (χ2v) is 11.7. The maximum absolute atomic E-state index is 13.7. The highest BCUT2D eigenvalue weighted by atomic mass is 16.6. The minimum atomic E-state index is -0.852. The van der Waals surface area contributed by atoms with E-state index in [4.69, 9.17) is 4.74 Å². The maximum atomic E-state index is 13.7. The van der Waals surface area contributed by atoms with Gasteiger partial charge in [-0.05, 0) is 67.4 Å². The normalized spacial score (nSPS) is 13.5. The van der Waals surface area contributed by atoms with Crippen molar-refractivity contribution in [2.24, 2.45) is 0 Å². The quantitative estimate of drug-likeness (QED) is 0.340. The minimum Gasteiger partial charge on any atom is -0.444 e. The van der Waals surface area contributed by atoms with Crippen molar-refractivity contribution in [2.45, 2.75) is 124 Å². The third kappa shape index (κ3) is 11.9. The number of carbonyl (C=O) groups excluding carboxylic acids is 3. The molecule has 36 heavy (non-hydrogen) atoms. The third-order valence-corrected chi connectivity index (χ3v) is 5.59. The van der Waals surface area contributed by atoms with Crippen LogP contribution in [-0.2, 0) is 14.3 Å². The molecule has 0 bridgehead atoms. The Labute approximate surface area is 218 Å². The summed E-state index contributed by atoms with van der Waals surface area (Å²) in [4.78, 5) is 41.3. The Morgan fingerprint density at radius 1 is 0.917 bits per heavy atom. The minimum absolute atomic E-state index is 0.241. The van der Waals surface area contributed by atoms with Crippen LogP contribution in [0.25, 0.3) is 0 Å². The highest BCUT2D eigenvalue weighted by Crippen LogP contribution is 2.25. The van der Waals surface area contributed by atoms with Crippen LogP contribution < -0.4 is 10.6 Å².